The topological polar surface area (TPSA) is 72.2 Å². The van der Waals surface area contributed by atoms with Gasteiger partial charge in [-0.2, -0.15) is 0 Å². The summed E-state index contributed by atoms with van der Waals surface area (Å²) < 4.78 is 22.4. The Morgan fingerprint density at radius 2 is 1.67 bits per heavy atom. The Morgan fingerprint density at radius 3 is 2.14 bits per heavy atom. The van der Waals surface area contributed by atoms with Crippen LogP contribution in [0.15, 0.2) is 53.4 Å². The minimum Gasteiger partial charge on any atom is -0.378 e. The van der Waals surface area contributed by atoms with Crippen molar-refractivity contribution in [2.45, 2.75) is 24.3 Å². The van der Waals surface area contributed by atoms with Gasteiger partial charge in [-0.1, -0.05) is 30.7 Å². The van der Waals surface area contributed by atoms with Gasteiger partial charge in [0.25, 0.3) is 0 Å². The Hall–Kier alpha value is -1.56. The van der Waals surface area contributed by atoms with Crippen LogP contribution in [0.3, 0.4) is 0 Å². The number of sulfonamides is 1. The number of anilines is 1. The molecule has 0 aromatic heterocycles. The zero-order chi connectivity index (χ0) is 15.5. The van der Waals surface area contributed by atoms with E-state index in [2.05, 4.69) is 12.2 Å². The maximum absolute atomic E-state index is 11.2. The van der Waals surface area contributed by atoms with Gasteiger partial charge in [-0.25, -0.2) is 13.6 Å². The van der Waals surface area contributed by atoms with Gasteiger partial charge in [0, 0.05) is 10.7 Å². The number of primary sulfonamides is 1. The second-order valence-corrected chi connectivity index (χ2v) is 6.72. The fraction of sp³-hybridized carbons (Fsp3) is 0.200. The van der Waals surface area contributed by atoms with E-state index >= 15 is 0 Å². The highest BCUT2D eigenvalue weighted by molar-refractivity contribution is 7.89. The lowest BCUT2D eigenvalue weighted by Gasteiger charge is -2.19. The number of nitrogens with two attached hydrogens (primary N) is 1. The van der Waals surface area contributed by atoms with E-state index in [1.54, 1.807) is 12.1 Å². The Bertz CT molecular complexity index is 697. The number of benzene rings is 2. The van der Waals surface area contributed by atoms with Crippen LogP contribution in [-0.4, -0.2) is 8.42 Å². The third-order valence-electron chi connectivity index (χ3n) is 3.20. The molecule has 0 fully saturated rings. The minimum absolute atomic E-state index is 0.104. The average molecular weight is 325 g/mol. The van der Waals surface area contributed by atoms with E-state index in [1.165, 1.54) is 12.1 Å². The highest BCUT2D eigenvalue weighted by Crippen LogP contribution is 2.24. The first kappa shape index (κ1) is 15.8. The van der Waals surface area contributed by atoms with Crippen LogP contribution in [0.4, 0.5) is 5.69 Å². The fourth-order valence-electron chi connectivity index (χ4n) is 2.06. The molecule has 0 aliphatic carbocycles. The summed E-state index contributed by atoms with van der Waals surface area (Å²) in [4.78, 5) is 0.104. The Balaban J connectivity index is 2.17. The first-order valence-corrected chi connectivity index (χ1v) is 8.47. The number of hydrogen-bond acceptors (Lipinski definition) is 3. The normalized spacial score (nSPS) is 12.9. The Labute approximate surface area is 130 Å². The van der Waals surface area contributed by atoms with Crippen LogP contribution in [0.5, 0.6) is 0 Å². The quantitative estimate of drug-likeness (QED) is 0.883. The first-order chi connectivity index (χ1) is 9.90. The highest BCUT2D eigenvalue weighted by atomic mass is 35.5. The first-order valence-electron chi connectivity index (χ1n) is 6.55. The molecule has 2 aromatic carbocycles. The van der Waals surface area contributed by atoms with Gasteiger partial charge in [0.2, 0.25) is 10.0 Å². The number of halogens is 1. The lowest BCUT2D eigenvalue weighted by atomic mass is 10.0. The summed E-state index contributed by atoms with van der Waals surface area (Å²) in [6, 6.07) is 14.2. The van der Waals surface area contributed by atoms with Crippen molar-refractivity contribution in [3.8, 4) is 0 Å². The van der Waals surface area contributed by atoms with Crippen molar-refractivity contribution >= 4 is 27.3 Å². The molecule has 4 nitrogen and oxygen atoms in total. The molecule has 2 rings (SSSR count). The molecule has 0 aliphatic rings. The molecule has 0 saturated carbocycles. The van der Waals surface area contributed by atoms with Crippen LogP contribution in [0.1, 0.15) is 24.9 Å². The van der Waals surface area contributed by atoms with Gasteiger partial charge >= 0.3 is 0 Å². The molecule has 0 spiro atoms. The van der Waals surface area contributed by atoms with Gasteiger partial charge in [0.1, 0.15) is 0 Å². The van der Waals surface area contributed by atoms with E-state index in [9.17, 15) is 8.42 Å². The molecule has 0 radical (unpaired) electrons. The van der Waals surface area contributed by atoms with Gasteiger partial charge in [-0.15, -0.1) is 0 Å². The second-order valence-electron chi connectivity index (χ2n) is 4.73. The SMILES string of the molecule is CCC(Nc1ccc(S(N)(=O)=O)cc1)c1ccc(Cl)cc1. The smallest absolute Gasteiger partial charge is 0.238 e. The molecule has 21 heavy (non-hydrogen) atoms. The lowest BCUT2D eigenvalue weighted by molar-refractivity contribution is 0.598. The molecule has 1 atom stereocenters. The summed E-state index contributed by atoms with van der Waals surface area (Å²) in [5.41, 5.74) is 1.96. The molecular formula is C15H17ClN2O2S. The van der Waals surface area contributed by atoms with E-state index in [4.69, 9.17) is 16.7 Å². The van der Waals surface area contributed by atoms with Gasteiger partial charge in [0.15, 0.2) is 0 Å². The number of hydrogen-bond donors (Lipinski definition) is 2. The van der Waals surface area contributed by atoms with Gasteiger partial charge in [0.05, 0.1) is 10.9 Å². The summed E-state index contributed by atoms with van der Waals surface area (Å²) in [7, 11) is -3.65. The molecule has 3 N–H and O–H groups in total. The summed E-state index contributed by atoms with van der Waals surface area (Å²) in [6.45, 7) is 2.07. The summed E-state index contributed by atoms with van der Waals surface area (Å²) in [5, 5.41) is 9.14. The van der Waals surface area contributed by atoms with Gasteiger partial charge < -0.3 is 5.32 Å². The van der Waals surface area contributed by atoms with E-state index < -0.39 is 10.0 Å². The van der Waals surface area contributed by atoms with Crippen LogP contribution >= 0.6 is 11.6 Å². The third kappa shape index (κ3) is 4.20. The fourth-order valence-corrected chi connectivity index (χ4v) is 2.70. The maximum atomic E-state index is 11.2. The lowest BCUT2D eigenvalue weighted by Crippen LogP contribution is -2.13. The van der Waals surface area contributed by atoms with Crippen molar-refractivity contribution in [2.24, 2.45) is 5.14 Å². The molecule has 0 heterocycles. The van der Waals surface area contributed by atoms with Crippen LogP contribution in [-0.2, 0) is 10.0 Å². The van der Waals surface area contributed by atoms with E-state index in [0.717, 1.165) is 17.7 Å². The summed E-state index contributed by atoms with van der Waals surface area (Å²) in [6.07, 6.45) is 0.887. The van der Waals surface area contributed by atoms with Gasteiger partial charge in [-0.3, -0.25) is 0 Å². The predicted octanol–water partition coefficient (Wildman–Crippen LogP) is 3.55. The monoisotopic (exact) mass is 324 g/mol. The van der Waals surface area contributed by atoms with E-state index in [0.29, 0.717) is 5.02 Å². The Kier molecular flexibility index (Phi) is 4.88. The Morgan fingerprint density at radius 1 is 1.10 bits per heavy atom. The van der Waals surface area contributed by atoms with E-state index in [1.807, 2.05) is 24.3 Å². The van der Waals surface area contributed by atoms with Crippen molar-refractivity contribution in [1.29, 1.82) is 0 Å². The summed E-state index contributed by atoms with van der Waals surface area (Å²) in [5.74, 6) is 0. The number of nitrogens with one attached hydrogen (secondary N) is 1. The molecule has 0 aliphatic heterocycles. The number of rotatable bonds is 5. The third-order valence-corrected chi connectivity index (χ3v) is 4.39. The molecule has 6 heteroatoms. The van der Waals surface area contributed by atoms with Crippen molar-refractivity contribution in [1.82, 2.24) is 0 Å². The van der Waals surface area contributed by atoms with E-state index in [-0.39, 0.29) is 10.9 Å². The molecule has 1 unspecified atom stereocenters. The zero-order valence-electron chi connectivity index (χ0n) is 11.6. The predicted molar refractivity (Wildman–Crippen MR) is 85.9 cm³/mol. The molecule has 2 aromatic rings. The largest absolute Gasteiger partial charge is 0.378 e. The van der Waals surface area contributed by atoms with Gasteiger partial charge in [-0.05, 0) is 48.4 Å². The zero-order valence-corrected chi connectivity index (χ0v) is 13.2. The highest BCUT2D eigenvalue weighted by Gasteiger charge is 2.11. The molecule has 112 valence electrons. The van der Waals surface area contributed by atoms with Crippen molar-refractivity contribution in [3.05, 3.63) is 59.1 Å². The minimum atomic E-state index is -3.65. The molecule has 0 saturated heterocycles. The van der Waals surface area contributed by atoms with Crippen molar-refractivity contribution in [3.63, 3.8) is 0 Å². The molecule has 0 bridgehead atoms. The van der Waals surface area contributed by atoms with Crippen LogP contribution in [0.25, 0.3) is 0 Å². The van der Waals surface area contributed by atoms with Crippen LogP contribution in [0.2, 0.25) is 5.02 Å². The second kappa shape index (κ2) is 6.47. The van der Waals surface area contributed by atoms with Crippen LogP contribution < -0.4 is 10.5 Å². The van der Waals surface area contributed by atoms with Crippen molar-refractivity contribution < 1.29 is 8.42 Å². The molecule has 0 amide bonds. The van der Waals surface area contributed by atoms with Crippen molar-refractivity contribution in [2.75, 3.05) is 5.32 Å². The van der Waals surface area contributed by atoms with Crippen LogP contribution in [0, 0.1) is 0 Å². The standard InChI is InChI=1S/C15H17ClN2O2S/c1-2-15(11-3-5-12(16)6-4-11)18-13-7-9-14(10-8-13)21(17,19)20/h3-10,15,18H,2H2,1H3,(H2,17,19,20). The maximum Gasteiger partial charge on any atom is 0.238 e. The average Bonchev–Trinajstić information content (AvgIpc) is 2.45. The summed E-state index contributed by atoms with van der Waals surface area (Å²) >= 11 is 5.89. The molecular weight excluding hydrogens is 308 g/mol.